The molecular formula is C14H8N4O3. The van der Waals surface area contributed by atoms with Crippen LogP contribution in [0.5, 0.6) is 11.5 Å². The fraction of sp³-hybridized carbons (Fsp3) is 0. The van der Waals surface area contributed by atoms with Crippen LogP contribution in [0.25, 0.3) is 5.65 Å². The van der Waals surface area contributed by atoms with E-state index in [-0.39, 0.29) is 5.69 Å². The SMILES string of the molecule is C#Cc1cc([N+](=O)[O-])ccc1Oc1ccn2ncnc2c1. The fourth-order valence-electron chi connectivity index (χ4n) is 1.82. The Labute approximate surface area is 119 Å². The molecule has 0 spiro atoms. The number of fused-ring (bicyclic) bond motifs is 1. The molecule has 21 heavy (non-hydrogen) atoms. The number of nitrogens with zero attached hydrogens (tertiary/aromatic N) is 4. The molecule has 0 saturated heterocycles. The summed E-state index contributed by atoms with van der Waals surface area (Å²) in [5.41, 5.74) is 0.852. The molecule has 0 aliphatic heterocycles. The summed E-state index contributed by atoms with van der Waals surface area (Å²) < 4.78 is 7.25. The molecule has 2 aromatic heterocycles. The Morgan fingerprint density at radius 2 is 2.19 bits per heavy atom. The maximum Gasteiger partial charge on any atom is 0.270 e. The minimum Gasteiger partial charge on any atom is -0.456 e. The van der Waals surface area contributed by atoms with Gasteiger partial charge in [-0.25, -0.2) is 9.50 Å². The van der Waals surface area contributed by atoms with Crippen molar-refractivity contribution in [3.63, 3.8) is 0 Å². The largest absolute Gasteiger partial charge is 0.456 e. The van der Waals surface area contributed by atoms with E-state index < -0.39 is 4.92 Å². The van der Waals surface area contributed by atoms with E-state index in [0.717, 1.165) is 0 Å². The minimum absolute atomic E-state index is 0.0804. The summed E-state index contributed by atoms with van der Waals surface area (Å²) in [6.07, 6.45) is 8.49. The number of benzene rings is 1. The van der Waals surface area contributed by atoms with Gasteiger partial charge in [0.1, 0.15) is 17.8 Å². The molecule has 7 nitrogen and oxygen atoms in total. The summed E-state index contributed by atoms with van der Waals surface area (Å²) in [6.45, 7) is 0. The first kappa shape index (κ1) is 12.6. The Bertz CT molecular complexity index is 879. The van der Waals surface area contributed by atoms with Crippen LogP contribution >= 0.6 is 0 Å². The molecule has 0 saturated carbocycles. The van der Waals surface area contributed by atoms with Gasteiger partial charge in [0.2, 0.25) is 0 Å². The third-order valence-corrected chi connectivity index (χ3v) is 2.81. The van der Waals surface area contributed by atoms with E-state index in [4.69, 9.17) is 11.2 Å². The third-order valence-electron chi connectivity index (χ3n) is 2.81. The zero-order chi connectivity index (χ0) is 14.8. The number of non-ortho nitro benzene ring substituents is 1. The molecule has 2 heterocycles. The van der Waals surface area contributed by atoms with Crippen LogP contribution in [0.1, 0.15) is 5.56 Å². The number of terminal acetylenes is 1. The van der Waals surface area contributed by atoms with E-state index in [2.05, 4.69) is 16.0 Å². The number of rotatable bonds is 3. The zero-order valence-electron chi connectivity index (χ0n) is 10.6. The highest BCUT2D eigenvalue weighted by Gasteiger charge is 2.11. The number of aromatic nitrogens is 3. The van der Waals surface area contributed by atoms with E-state index in [1.54, 1.807) is 22.8 Å². The lowest BCUT2D eigenvalue weighted by Gasteiger charge is -2.07. The summed E-state index contributed by atoms with van der Waals surface area (Å²) in [4.78, 5) is 14.3. The molecule has 0 bridgehead atoms. The Morgan fingerprint density at radius 1 is 1.33 bits per heavy atom. The normalized spacial score (nSPS) is 10.2. The van der Waals surface area contributed by atoms with Gasteiger partial charge >= 0.3 is 0 Å². The van der Waals surface area contributed by atoms with Gasteiger partial charge in [0.05, 0.1) is 10.5 Å². The van der Waals surface area contributed by atoms with Crippen LogP contribution in [0.15, 0.2) is 42.9 Å². The highest BCUT2D eigenvalue weighted by Crippen LogP contribution is 2.28. The molecule has 1 aromatic carbocycles. The quantitative estimate of drug-likeness (QED) is 0.418. The molecule has 0 N–H and O–H groups in total. The van der Waals surface area contributed by atoms with Crippen molar-refractivity contribution in [2.45, 2.75) is 0 Å². The van der Waals surface area contributed by atoms with E-state index in [0.29, 0.717) is 22.7 Å². The summed E-state index contributed by atoms with van der Waals surface area (Å²) in [7, 11) is 0. The first-order valence-corrected chi connectivity index (χ1v) is 5.89. The first-order valence-electron chi connectivity index (χ1n) is 5.89. The zero-order valence-corrected chi connectivity index (χ0v) is 10.6. The summed E-state index contributed by atoms with van der Waals surface area (Å²) >= 11 is 0. The molecule has 0 fully saturated rings. The van der Waals surface area contributed by atoms with Crippen molar-refractivity contribution >= 4 is 11.3 Å². The molecule has 3 rings (SSSR count). The predicted octanol–water partition coefficient (Wildman–Crippen LogP) is 2.41. The van der Waals surface area contributed by atoms with Gasteiger partial charge in [-0.1, -0.05) is 5.92 Å². The highest BCUT2D eigenvalue weighted by molar-refractivity contribution is 5.53. The van der Waals surface area contributed by atoms with Crippen molar-refractivity contribution in [1.82, 2.24) is 14.6 Å². The molecule has 0 aliphatic carbocycles. The second-order valence-corrected chi connectivity index (χ2v) is 4.11. The molecule has 7 heteroatoms. The van der Waals surface area contributed by atoms with Gasteiger partial charge in [-0.15, -0.1) is 6.42 Å². The number of pyridine rings is 1. The molecule has 0 atom stereocenters. The standard InChI is InChI=1S/C14H8N4O3/c1-2-10-7-11(18(19)20)3-4-13(10)21-12-5-6-17-14(8-12)15-9-16-17/h1,3-9H. The average molecular weight is 280 g/mol. The van der Waals surface area contributed by atoms with Gasteiger partial charge in [-0.05, 0) is 12.1 Å². The number of nitro benzene ring substituents is 1. The van der Waals surface area contributed by atoms with E-state index in [9.17, 15) is 10.1 Å². The lowest BCUT2D eigenvalue weighted by Crippen LogP contribution is -1.93. The van der Waals surface area contributed by atoms with Crippen molar-refractivity contribution < 1.29 is 9.66 Å². The van der Waals surface area contributed by atoms with Crippen LogP contribution in [0.4, 0.5) is 5.69 Å². The number of nitro groups is 1. The van der Waals surface area contributed by atoms with Crippen molar-refractivity contribution in [2.75, 3.05) is 0 Å². The fourth-order valence-corrected chi connectivity index (χ4v) is 1.82. The first-order chi connectivity index (χ1) is 10.2. The highest BCUT2D eigenvalue weighted by atomic mass is 16.6. The second-order valence-electron chi connectivity index (χ2n) is 4.11. The second kappa shape index (κ2) is 4.94. The maximum absolute atomic E-state index is 10.7. The van der Waals surface area contributed by atoms with Gasteiger partial charge in [-0.3, -0.25) is 10.1 Å². The van der Waals surface area contributed by atoms with Gasteiger partial charge < -0.3 is 4.74 Å². The molecule has 3 aromatic rings. The smallest absolute Gasteiger partial charge is 0.270 e. The monoisotopic (exact) mass is 280 g/mol. The molecule has 102 valence electrons. The van der Waals surface area contributed by atoms with Crippen LogP contribution in [-0.2, 0) is 0 Å². The van der Waals surface area contributed by atoms with Crippen LogP contribution in [-0.4, -0.2) is 19.5 Å². The number of hydrogen-bond donors (Lipinski definition) is 0. The van der Waals surface area contributed by atoms with Gasteiger partial charge in [-0.2, -0.15) is 5.10 Å². The van der Waals surface area contributed by atoms with Crippen LogP contribution in [0.3, 0.4) is 0 Å². The third kappa shape index (κ3) is 2.37. The lowest BCUT2D eigenvalue weighted by atomic mass is 10.2. The predicted molar refractivity (Wildman–Crippen MR) is 74.1 cm³/mol. The topological polar surface area (TPSA) is 82.6 Å². The Hall–Kier alpha value is -3.40. The maximum atomic E-state index is 10.7. The Kier molecular flexibility index (Phi) is 2.97. The van der Waals surface area contributed by atoms with Gasteiger partial charge in [0.25, 0.3) is 5.69 Å². The minimum atomic E-state index is -0.507. The van der Waals surface area contributed by atoms with Crippen LogP contribution in [0.2, 0.25) is 0 Å². The Balaban J connectivity index is 1.97. The molecule has 0 amide bonds. The van der Waals surface area contributed by atoms with Crippen LogP contribution < -0.4 is 4.74 Å². The summed E-state index contributed by atoms with van der Waals surface area (Å²) in [6, 6.07) is 7.50. The van der Waals surface area contributed by atoms with Crippen molar-refractivity contribution in [2.24, 2.45) is 0 Å². The number of ether oxygens (including phenoxy) is 1. The van der Waals surface area contributed by atoms with Gasteiger partial charge in [0.15, 0.2) is 5.65 Å². The van der Waals surface area contributed by atoms with Crippen molar-refractivity contribution in [1.29, 1.82) is 0 Å². The summed E-state index contributed by atoms with van der Waals surface area (Å²) in [5, 5.41) is 14.7. The lowest BCUT2D eigenvalue weighted by molar-refractivity contribution is -0.384. The van der Waals surface area contributed by atoms with E-state index >= 15 is 0 Å². The number of hydrogen-bond acceptors (Lipinski definition) is 5. The molecule has 0 radical (unpaired) electrons. The van der Waals surface area contributed by atoms with E-state index in [1.807, 2.05) is 0 Å². The summed E-state index contributed by atoms with van der Waals surface area (Å²) in [5.74, 6) is 3.26. The van der Waals surface area contributed by atoms with Crippen LogP contribution in [0, 0.1) is 22.5 Å². The van der Waals surface area contributed by atoms with Gasteiger partial charge in [0, 0.05) is 24.4 Å². The van der Waals surface area contributed by atoms with Crippen molar-refractivity contribution in [3.8, 4) is 23.8 Å². The molecule has 0 aliphatic rings. The Morgan fingerprint density at radius 3 is 2.95 bits per heavy atom. The average Bonchev–Trinajstić information content (AvgIpc) is 2.95. The molecule has 0 unspecified atom stereocenters. The van der Waals surface area contributed by atoms with E-state index in [1.165, 1.54) is 24.5 Å². The molecular weight excluding hydrogens is 272 g/mol. The van der Waals surface area contributed by atoms with Crippen molar-refractivity contribution in [3.05, 3.63) is 58.5 Å².